The van der Waals surface area contributed by atoms with Crippen molar-refractivity contribution in [1.82, 2.24) is 5.32 Å². The first-order chi connectivity index (χ1) is 10.3. The summed E-state index contributed by atoms with van der Waals surface area (Å²) >= 11 is 5.93. The smallest absolute Gasteiger partial charge is 0.0594 e. The normalized spacial score (nSPS) is 26.5. The number of nitrogens with one attached hydrogen (secondary N) is 1. The van der Waals surface area contributed by atoms with Crippen LogP contribution in [0.2, 0.25) is 5.02 Å². The summed E-state index contributed by atoms with van der Waals surface area (Å²) in [5.41, 5.74) is 1.43. The number of hydrogen-bond donors (Lipinski definition) is 1. The van der Waals surface area contributed by atoms with E-state index in [4.69, 9.17) is 16.3 Å². The fourth-order valence-corrected chi connectivity index (χ4v) is 3.64. The Morgan fingerprint density at radius 3 is 2.48 bits per heavy atom. The van der Waals surface area contributed by atoms with Gasteiger partial charge in [0.1, 0.15) is 0 Å². The summed E-state index contributed by atoms with van der Waals surface area (Å²) in [5.74, 6) is 0.707. The quantitative estimate of drug-likeness (QED) is 0.780. The first kappa shape index (κ1) is 15.3. The average molecular weight is 308 g/mol. The zero-order chi connectivity index (χ0) is 14.5. The van der Waals surface area contributed by atoms with Crippen molar-refractivity contribution in [2.45, 2.75) is 63.0 Å². The summed E-state index contributed by atoms with van der Waals surface area (Å²) in [6, 6.07) is 8.98. The standard InChI is InChI=1S/C18H26ClNO/c19-16-8-6-14(7-9-16)15-12-17(13-15)20-10-11-21-18-4-2-1-3-5-18/h6-9,15,17-18,20H,1-5,10-13H2. The molecular weight excluding hydrogens is 282 g/mol. The molecule has 0 atom stereocenters. The lowest BCUT2D eigenvalue weighted by molar-refractivity contribution is 0.0280. The van der Waals surface area contributed by atoms with Crippen molar-refractivity contribution in [3.63, 3.8) is 0 Å². The summed E-state index contributed by atoms with van der Waals surface area (Å²) in [6.07, 6.45) is 9.64. The average Bonchev–Trinajstić information content (AvgIpc) is 2.48. The Kier molecular flexibility index (Phi) is 5.56. The number of halogens is 1. The van der Waals surface area contributed by atoms with Gasteiger partial charge in [-0.25, -0.2) is 0 Å². The molecule has 21 heavy (non-hydrogen) atoms. The summed E-state index contributed by atoms with van der Waals surface area (Å²) in [7, 11) is 0. The van der Waals surface area contributed by atoms with Crippen LogP contribution in [0.4, 0.5) is 0 Å². The Morgan fingerprint density at radius 2 is 1.76 bits per heavy atom. The van der Waals surface area contributed by atoms with Gasteiger partial charge in [0.25, 0.3) is 0 Å². The van der Waals surface area contributed by atoms with E-state index in [2.05, 4.69) is 17.4 Å². The van der Waals surface area contributed by atoms with Crippen LogP contribution in [0.1, 0.15) is 56.4 Å². The highest BCUT2D eigenvalue weighted by atomic mass is 35.5. The van der Waals surface area contributed by atoms with Crippen LogP contribution < -0.4 is 5.32 Å². The summed E-state index contributed by atoms with van der Waals surface area (Å²) in [5, 5.41) is 4.45. The second-order valence-corrected chi connectivity index (χ2v) is 6.94. The van der Waals surface area contributed by atoms with Gasteiger partial charge in [-0.05, 0) is 49.3 Å². The first-order valence-electron chi connectivity index (χ1n) is 8.42. The summed E-state index contributed by atoms with van der Waals surface area (Å²) in [6.45, 7) is 1.86. The molecule has 1 aromatic carbocycles. The highest BCUT2D eigenvalue weighted by molar-refractivity contribution is 6.30. The van der Waals surface area contributed by atoms with E-state index in [-0.39, 0.29) is 0 Å². The molecule has 0 unspecified atom stereocenters. The van der Waals surface area contributed by atoms with Gasteiger partial charge in [0, 0.05) is 17.6 Å². The molecule has 2 aliphatic rings. The fourth-order valence-electron chi connectivity index (χ4n) is 3.51. The van der Waals surface area contributed by atoms with Crippen LogP contribution in [0.15, 0.2) is 24.3 Å². The molecule has 2 fully saturated rings. The van der Waals surface area contributed by atoms with Gasteiger partial charge in [0.05, 0.1) is 12.7 Å². The molecule has 3 heteroatoms. The van der Waals surface area contributed by atoms with Gasteiger partial charge >= 0.3 is 0 Å². The third-order valence-electron chi connectivity index (χ3n) is 4.92. The third-order valence-corrected chi connectivity index (χ3v) is 5.17. The molecule has 0 aromatic heterocycles. The van der Waals surface area contributed by atoms with E-state index in [1.807, 2.05) is 12.1 Å². The lowest BCUT2D eigenvalue weighted by Gasteiger charge is -2.36. The first-order valence-corrected chi connectivity index (χ1v) is 8.79. The molecule has 2 nitrogen and oxygen atoms in total. The van der Waals surface area contributed by atoms with E-state index in [1.54, 1.807) is 0 Å². The van der Waals surface area contributed by atoms with Crippen molar-refractivity contribution >= 4 is 11.6 Å². The van der Waals surface area contributed by atoms with Crippen LogP contribution in [0, 0.1) is 0 Å². The molecule has 116 valence electrons. The van der Waals surface area contributed by atoms with Crippen molar-refractivity contribution in [3.05, 3.63) is 34.9 Å². The Morgan fingerprint density at radius 1 is 1.05 bits per heavy atom. The largest absolute Gasteiger partial charge is 0.377 e. The number of hydrogen-bond acceptors (Lipinski definition) is 2. The molecule has 0 saturated heterocycles. The lowest BCUT2D eigenvalue weighted by Crippen LogP contribution is -2.41. The Bertz CT molecular complexity index is 421. The molecule has 0 heterocycles. The predicted molar refractivity (Wildman–Crippen MR) is 88.0 cm³/mol. The topological polar surface area (TPSA) is 21.3 Å². The zero-order valence-electron chi connectivity index (χ0n) is 12.7. The third kappa shape index (κ3) is 4.45. The molecule has 3 rings (SSSR count). The molecule has 0 aliphatic heterocycles. The van der Waals surface area contributed by atoms with Crippen molar-refractivity contribution in [2.24, 2.45) is 0 Å². The van der Waals surface area contributed by atoms with Gasteiger partial charge in [-0.1, -0.05) is 43.0 Å². The number of rotatable bonds is 6. The van der Waals surface area contributed by atoms with E-state index in [0.717, 1.165) is 18.2 Å². The van der Waals surface area contributed by atoms with Gasteiger partial charge in [-0.3, -0.25) is 0 Å². The van der Waals surface area contributed by atoms with Crippen molar-refractivity contribution in [3.8, 4) is 0 Å². The van der Waals surface area contributed by atoms with Gasteiger partial charge < -0.3 is 10.1 Å². The monoisotopic (exact) mass is 307 g/mol. The number of ether oxygens (including phenoxy) is 1. The van der Waals surface area contributed by atoms with Crippen LogP contribution >= 0.6 is 11.6 Å². The van der Waals surface area contributed by atoms with E-state index >= 15 is 0 Å². The van der Waals surface area contributed by atoms with E-state index in [0.29, 0.717) is 18.1 Å². The molecule has 2 saturated carbocycles. The van der Waals surface area contributed by atoms with Crippen LogP contribution in [0.5, 0.6) is 0 Å². The summed E-state index contributed by atoms with van der Waals surface area (Å²) < 4.78 is 5.95. The highest BCUT2D eigenvalue weighted by Crippen LogP contribution is 2.37. The minimum Gasteiger partial charge on any atom is -0.377 e. The molecule has 0 spiro atoms. The Labute approximate surface area is 133 Å². The second-order valence-electron chi connectivity index (χ2n) is 6.50. The van der Waals surface area contributed by atoms with Crippen molar-refractivity contribution in [1.29, 1.82) is 0 Å². The SMILES string of the molecule is Clc1ccc(C2CC(NCCOC3CCCCC3)C2)cc1. The lowest BCUT2D eigenvalue weighted by atomic mass is 9.76. The maximum atomic E-state index is 5.95. The Balaban J connectivity index is 1.28. The minimum absolute atomic E-state index is 0.531. The van der Waals surface area contributed by atoms with Gasteiger partial charge in [0.2, 0.25) is 0 Å². The molecule has 2 aliphatic carbocycles. The molecule has 1 aromatic rings. The summed E-state index contributed by atoms with van der Waals surface area (Å²) in [4.78, 5) is 0. The van der Waals surface area contributed by atoms with Gasteiger partial charge in [-0.2, -0.15) is 0 Å². The van der Waals surface area contributed by atoms with Crippen molar-refractivity contribution < 1.29 is 4.74 Å². The van der Waals surface area contributed by atoms with Crippen LogP contribution in [-0.4, -0.2) is 25.3 Å². The van der Waals surface area contributed by atoms with Gasteiger partial charge in [-0.15, -0.1) is 0 Å². The zero-order valence-corrected chi connectivity index (χ0v) is 13.4. The fraction of sp³-hybridized carbons (Fsp3) is 0.667. The predicted octanol–water partition coefficient (Wildman–Crippen LogP) is 4.52. The van der Waals surface area contributed by atoms with E-state index in [1.165, 1.54) is 50.5 Å². The molecule has 0 bridgehead atoms. The molecular formula is C18H26ClNO. The van der Waals surface area contributed by atoms with Gasteiger partial charge in [0.15, 0.2) is 0 Å². The number of benzene rings is 1. The highest BCUT2D eigenvalue weighted by Gasteiger charge is 2.29. The second kappa shape index (κ2) is 7.62. The minimum atomic E-state index is 0.531. The van der Waals surface area contributed by atoms with Crippen molar-refractivity contribution in [2.75, 3.05) is 13.2 Å². The van der Waals surface area contributed by atoms with E-state index in [9.17, 15) is 0 Å². The van der Waals surface area contributed by atoms with Crippen LogP contribution in [0.25, 0.3) is 0 Å². The Hall–Kier alpha value is -0.570. The molecule has 1 N–H and O–H groups in total. The van der Waals surface area contributed by atoms with Crippen LogP contribution in [-0.2, 0) is 4.74 Å². The van der Waals surface area contributed by atoms with Crippen LogP contribution in [0.3, 0.4) is 0 Å². The maximum absolute atomic E-state index is 5.95. The maximum Gasteiger partial charge on any atom is 0.0594 e. The molecule has 0 amide bonds. The van der Waals surface area contributed by atoms with E-state index < -0.39 is 0 Å². The molecule has 0 radical (unpaired) electrons.